The van der Waals surface area contributed by atoms with Gasteiger partial charge in [0.05, 0.1) is 38.9 Å². The summed E-state index contributed by atoms with van der Waals surface area (Å²) in [7, 11) is 0. The summed E-state index contributed by atoms with van der Waals surface area (Å²) in [6, 6.07) is 23.3. The second-order valence-electron chi connectivity index (χ2n) is 11.4. The summed E-state index contributed by atoms with van der Waals surface area (Å²) in [5, 5.41) is 15.3. The fourth-order valence-electron chi connectivity index (χ4n) is 5.14. The number of hydrogen-bond donors (Lipinski definition) is 4. The zero-order chi connectivity index (χ0) is 35.5. The summed E-state index contributed by atoms with van der Waals surface area (Å²) < 4.78 is 12.9. The number of rotatable bonds is 12. The average Bonchev–Trinajstić information content (AvgIpc) is 3.16. The minimum absolute atomic E-state index is 0.310. The molecule has 2 fully saturated rings. The first-order valence-corrected chi connectivity index (χ1v) is 18.0. The average molecular weight is 831 g/mol. The van der Waals surface area contributed by atoms with Crippen molar-refractivity contribution in [3.05, 3.63) is 92.9 Å². The topological polar surface area (TPSA) is 175 Å². The summed E-state index contributed by atoms with van der Waals surface area (Å²) in [5.41, 5.74) is 9.32. The zero-order valence-electron chi connectivity index (χ0n) is 27.8. The number of halogens is 2. The highest BCUT2D eigenvalue weighted by Gasteiger charge is 2.18. The van der Waals surface area contributed by atoms with Crippen molar-refractivity contribution >= 4 is 91.4 Å². The summed E-state index contributed by atoms with van der Waals surface area (Å²) in [6.45, 7) is 5.17. The second kappa shape index (κ2) is 17.3. The van der Waals surface area contributed by atoms with Crippen LogP contribution in [-0.4, -0.2) is 94.9 Å². The van der Waals surface area contributed by atoms with Crippen LogP contribution in [0.3, 0.4) is 0 Å². The summed E-state index contributed by atoms with van der Waals surface area (Å²) in [6.07, 6.45) is 3.38. The summed E-state index contributed by atoms with van der Waals surface area (Å²) >= 11 is 7.01. The van der Waals surface area contributed by atoms with E-state index in [-0.39, 0.29) is 0 Å². The van der Waals surface area contributed by atoms with E-state index in [0.717, 1.165) is 31.4 Å². The molecule has 2 aromatic heterocycles. The smallest absolute Gasteiger partial charge is 0.250 e. The third-order valence-electron chi connectivity index (χ3n) is 7.69. The molecule has 4 heterocycles. The Bertz CT molecular complexity index is 1880. The van der Waals surface area contributed by atoms with Gasteiger partial charge in [-0.15, -0.1) is 0 Å². The highest BCUT2D eigenvalue weighted by atomic mass is 79.9. The molecule has 2 aliphatic heterocycles. The number of hydrazone groups is 2. The molecule has 16 nitrogen and oxygen atoms in total. The molecule has 7 rings (SSSR count). The second-order valence-corrected chi connectivity index (χ2v) is 13.3. The maximum Gasteiger partial charge on any atom is 0.250 e. The molecular weight excluding hydrogens is 796 g/mol. The molecule has 2 saturated heterocycles. The number of nitrogens with zero attached hydrogens (tertiary/aromatic N) is 10. The van der Waals surface area contributed by atoms with Crippen molar-refractivity contribution in [3.8, 4) is 0 Å². The monoisotopic (exact) mass is 828 g/mol. The van der Waals surface area contributed by atoms with Crippen LogP contribution in [0.1, 0.15) is 11.1 Å². The fraction of sp³-hybridized carbons (Fsp3) is 0.235. The molecule has 0 bridgehead atoms. The van der Waals surface area contributed by atoms with E-state index in [1.54, 1.807) is 12.4 Å². The van der Waals surface area contributed by atoms with Crippen LogP contribution in [0.2, 0.25) is 0 Å². The van der Waals surface area contributed by atoms with E-state index >= 15 is 0 Å². The van der Waals surface area contributed by atoms with E-state index in [1.807, 2.05) is 72.8 Å². The Labute approximate surface area is 316 Å². The van der Waals surface area contributed by atoms with Crippen molar-refractivity contribution in [2.75, 3.05) is 83.9 Å². The predicted octanol–water partition coefficient (Wildman–Crippen LogP) is 5.63. The van der Waals surface area contributed by atoms with E-state index < -0.39 is 0 Å². The molecule has 0 saturated carbocycles. The Hall–Kier alpha value is -5.30. The van der Waals surface area contributed by atoms with Crippen molar-refractivity contribution in [2.45, 2.75) is 0 Å². The third-order valence-corrected chi connectivity index (χ3v) is 8.68. The molecule has 3 aromatic carbocycles. The first-order chi connectivity index (χ1) is 25.5. The minimum Gasteiger partial charge on any atom is -0.378 e. The molecule has 2 aliphatic rings. The lowest BCUT2D eigenvalue weighted by molar-refractivity contribution is 0.122. The normalized spacial score (nSPS) is 14.9. The van der Waals surface area contributed by atoms with Crippen LogP contribution in [0.5, 0.6) is 0 Å². The summed E-state index contributed by atoms with van der Waals surface area (Å²) in [4.78, 5) is 31.7. The Morgan fingerprint density at radius 2 is 0.942 bits per heavy atom. The number of anilines is 8. The lowest BCUT2D eigenvalue weighted by Gasteiger charge is -2.27. The third kappa shape index (κ3) is 9.93. The van der Waals surface area contributed by atoms with E-state index in [1.165, 1.54) is 0 Å². The van der Waals surface area contributed by atoms with E-state index in [4.69, 9.17) is 9.47 Å². The van der Waals surface area contributed by atoms with Gasteiger partial charge in [-0.1, -0.05) is 68.3 Å². The Kier molecular flexibility index (Phi) is 11.7. The predicted molar refractivity (Wildman–Crippen MR) is 209 cm³/mol. The molecular formula is C34H34Br2N14O2. The van der Waals surface area contributed by atoms with Gasteiger partial charge in [0.25, 0.3) is 0 Å². The number of aromatic nitrogens is 6. The summed E-state index contributed by atoms with van der Waals surface area (Å²) in [5.74, 6) is 2.50. The van der Waals surface area contributed by atoms with Gasteiger partial charge in [-0.3, -0.25) is 0 Å². The van der Waals surface area contributed by atoms with Gasteiger partial charge in [0, 0.05) is 46.5 Å². The van der Waals surface area contributed by atoms with E-state index in [2.05, 4.69) is 103 Å². The van der Waals surface area contributed by atoms with E-state index in [9.17, 15) is 0 Å². The number of morpholine rings is 2. The lowest BCUT2D eigenvalue weighted by Crippen LogP contribution is -2.37. The Balaban J connectivity index is 1.00. The fourth-order valence-corrected chi connectivity index (χ4v) is 5.94. The number of ether oxygens (including phenoxy) is 2. The largest absolute Gasteiger partial charge is 0.378 e. The van der Waals surface area contributed by atoms with Crippen LogP contribution in [0, 0.1) is 0 Å². The number of hydrogen-bond acceptors (Lipinski definition) is 16. The molecule has 52 heavy (non-hydrogen) atoms. The van der Waals surface area contributed by atoms with Crippen LogP contribution < -0.4 is 31.3 Å². The van der Waals surface area contributed by atoms with Crippen molar-refractivity contribution in [1.29, 1.82) is 0 Å². The first kappa shape index (κ1) is 35.1. The first-order valence-electron chi connectivity index (χ1n) is 16.4. The Morgan fingerprint density at radius 1 is 0.538 bits per heavy atom. The van der Waals surface area contributed by atoms with Gasteiger partial charge in [0.1, 0.15) is 0 Å². The van der Waals surface area contributed by atoms with Crippen LogP contribution >= 0.6 is 31.9 Å². The standard InChI is InChI=1S/C34H34Br2N14O2/c35-25-3-1-5-27(19-25)39-29-41-31(45-33(43-29)49-11-15-51-16-12-49)47-37-21-23-7-9-24(10-8-23)22-38-48-32-42-30(40-28-6-2-4-26(36)20-28)44-34(46-32)50-13-17-52-18-14-50/h1-10,19-22H,11-18H2,(H2,39,41,43,45,47)(H2,40,42,44,46,48). The van der Waals surface area contributed by atoms with Gasteiger partial charge in [-0.05, 0) is 47.5 Å². The van der Waals surface area contributed by atoms with Crippen LogP contribution in [0.4, 0.5) is 47.1 Å². The maximum atomic E-state index is 5.50. The Morgan fingerprint density at radius 3 is 1.35 bits per heavy atom. The molecule has 0 radical (unpaired) electrons. The molecule has 0 aliphatic carbocycles. The van der Waals surface area contributed by atoms with Gasteiger partial charge in [0.15, 0.2) is 0 Å². The highest BCUT2D eigenvalue weighted by Crippen LogP contribution is 2.23. The minimum atomic E-state index is 0.310. The SMILES string of the molecule is Brc1cccc(Nc2nc(NN=Cc3ccc(C=NNc4nc(Nc5cccc(Br)c5)nc(N5CCOCC5)n4)cc3)nc(N3CCOCC3)n2)c1. The quantitative estimate of drug-likeness (QED) is 0.0899. The highest BCUT2D eigenvalue weighted by molar-refractivity contribution is 9.10. The molecule has 266 valence electrons. The zero-order valence-corrected chi connectivity index (χ0v) is 31.0. The van der Waals surface area contributed by atoms with Crippen LogP contribution in [0.25, 0.3) is 0 Å². The maximum absolute atomic E-state index is 5.50. The molecule has 0 atom stereocenters. The van der Waals surface area contributed by atoms with Gasteiger partial charge >= 0.3 is 0 Å². The van der Waals surface area contributed by atoms with Gasteiger partial charge in [0.2, 0.25) is 35.7 Å². The number of benzene rings is 3. The number of nitrogens with one attached hydrogen (secondary N) is 4. The van der Waals surface area contributed by atoms with Crippen LogP contribution in [0.15, 0.2) is 91.9 Å². The van der Waals surface area contributed by atoms with Crippen molar-refractivity contribution in [1.82, 2.24) is 29.9 Å². The molecule has 5 aromatic rings. The van der Waals surface area contributed by atoms with E-state index in [0.29, 0.717) is 88.3 Å². The van der Waals surface area contributed by atoms with Gasteiger partial charge in [-0.25, -0.2) is 10.9 Å². The van der Waals surface area contributed by atoms with Gasteiger partial charge in [-0.2, -0.15) is 40.1 Å². The lowest BCUT2D eigenvalue weighted by atomic mass is 10.2. The van der Waals surface area contributed by atoms with Crippen molar-refractivity contribution < 1.29 is 9.47 Å². The molecule has 0 amide bonds. The van der Waals surface area contributed by atoms with Crippen LogP contribution in [-0.2, 0) is 9.47 Å². The molecule has 0 unspecified atom stereocenters. The van der Waals surface area contributed by atoms with Crippen molar-refractivity contribution in [3.63, 3.8) is 0 Å². The van der Waals surface area contributed by atoms with Gasteiger partial charge < -0.3 is 29.9 Å². The molecule has 0 spiro atoms. The molecule has 18 heteroatoms. The van der Waals surface area contributed by atoms with Crippen molar-refractivity contribution in [2.24, 2.45) is 10.2 Å². The molecule has 4 N–H and O–H groups in total.